The molecule has 2 aromatic carbocycles. The SMILES string of the molecule is COc1ccccc1-c1coc2cc(OC(=O)C3CCCO3)ccc2c1=O. The van der Waals surface area contributed by atoms with E-state index in [1.54, 1.807) is 31.4 Å². The molecule has 138 valence electrons. The highest BCUT2D eigenvalue weighted by molar-refractivity contribution is 5.85. The Labute approximate surface area is 155 Å². The predicted molar refractivity (Wildman–Crippen MR) is 99.1 cm³/mol. The lowest BCUT2D eigenvalue weighted by Gasteiger charge is -2.10. The highest BCUT2D eigenvalue weighted by Crippen LogP contribution is 2.29. The number of ether oxygens (including phenoxy) is 3. The summed E-state index contributed by atoms with van der Waals surface area (Å²) in [6.07, 6.45) is 2.37. The Balaban J connectivity index is 1.68. The Morgan fingerprint density at radius 2 is 2.00 bits per heavy atom. The van der Waals surface area contributed by atoms with Crippen LogP contribution in [-0.2, 0) is 9.53 Å². The number of rotatable bonds is 4. The number of benzene rings is 2. The van der Waals surface area contributed by atoms with Gasteiger partial charge in [-0.3, -0.25) is 4.79 Å². The molecule has 0 bridgehead atoms. The minimum Gasteiger partial charge on any atom is -0.496 e. The van der Waals surface area contributed by atoms with E-state index in [4.69, 9.17) is 18.6 Å². The van der Waals surface area contributed by atoms with E-state index in [9.17, 15) is 9.59 Å². The van der Waals surface area contributed by atoms with Crippen molar-refractivity contribution in [1.29, 1.82) is 0 Å². The molecule has 1 atom stereocenters. The second kappa shape index (κ2) is 7.25. The fraction of sp³-hybridized carbons (Fsp3) is 0.238. The van der Waals surface area contributed by atoms with Crippen molar-refractivity contribution in [2.75, 3.05) is 13.7 Å². The smallest absolute Gasteiger partial charge is 0.340 e. The normalized spacial score (nSPS) is 16.4. The lowest BCUT2D eigenvalue weighted by atomic mass is 10.0. The molecule has 6 nitrogen and oxygen atoms in total. The maximum absolute atomic E-state index is 12.9. The maximum Gasteiger partial charge on any atom is 0.340 e. The summed E-state index contributed by atoms with van der Waals surface area (Å²) in [5.41, 5.74) is 1.22. The van der Waals surface area contributed by atoms with Crippen molar-refractivity contribution in [3.8, 4) is 22.6 Å². The Morgan fingerprint density at radius 1 is 1.15 bits per heavy atom. The van der Waals surface area contributed by atoms with Gasteiger partial charge in [0.1, 0.15) is 23.3 Å². The number of para-hydroxylation sites is 1. The second-order valence-electron chi connectivity index (χ2n) is 6.26. The van der Waals surface area contributed by atoms with E-state index >= 15 is 0 Å². The topological polar surface area (TPSA) is 75.0 Å². The van der Waals surface area contributed by atoms with Gasteiger partial charge in [-0.05, 0) is 31.0 Å². The van der Waals surface area contributed by atoms with Crippen molar-refractivity contribution in [3.63, 3.8) is 0 Å². The summed E-state index contributed by atoms with van der Waals surface area (Å²) < 4.78 is 21.6. The van der Waals surface area contributed by atoms with Gasteiger partial charge in [-0.15, -0.1) is 0 Å². The molecule has 0 radical (unpaired) electrons. The van der Waals surface area contributed by atoms with Gasteiger partial charge in [0, 0.05) is 18.2 Å². The summed E-state index contributed by atoms with van der Waals surface area (Å²) in [6.45, 7) is 0.568. The van der Waals surface area contributed by atoms with Crippen LogP contribution in [0.3, 0.4) is 0 Å². The lowest BCUT2D eigenvalue weighted by Crippen LogP contribution is -2.24. The number of esters is 1. The second-order valence-corrected chi connectivity index (χ2v) is 6.26. The van der Waals surface area contributed by atoms with Crippen LogP contribution in [0.15, 0.2) is 57.9 Å². The van der Waals surface area contributed by atoms with E-state index in [1.165, 1.54) is 12.3 Å². The zero-order valence-corrected chi connectivity index (χ0v) is 14.8. The van der Waals surface area contributed by atoms with Gasteiger partial charge in [0.25, 0.3) is 0 Å². The lowest BCUT2D eigenvalue weighted by molar-refractivity contribution is -0.144. The zero-order valence-electron chi connectivity index (χ0n) is 14.8. The van der Waals surface area contributed by atoms with E-state index < -0.39 is 12.1 Å². The molecule has 0 N–H and O–H groups in total. The quantitative estimate of drug-likeness (QED) is 0.519. The minimum atomic E-state index is -0.527. The van der Waals surface area contributed by atoms with Gasteiger partial charge >= 0.3 is 5.97 Å². The molecule has 4 rings (SSSR count). The van der Waals surface area contributed by atoms with Crippen molar-refractivity contribution < 1.29 is 23.4 Å². The van der Waals surface area contributed by atoms with Crippen LogP contribution >= 0.6 is 0 Å². The van der Waals surface area contributed by atoms with E-state index in [2.05, 4.69) is 0 Å². The number of hydrogen-bond acceptors (Lipinski definition) is 6. The van der Waals surface area contributed by atoms with Gasteiger partial charge in [-0.1, -0.05) is 18.2 Å². The van der Waals surface area contributed by atoms with Gasteiger partial charge in [0.2, 0.25) is 5.43 Å². The van der Waals surface area contributed by atoms with Crippen molar-refractivity contribution in [2.45, 2.75) is 18.9 Å². The van der Waals surface area contributed by atoms with Crippen molar-refractivity contribution in [1.82, 2.24) is 0 Å². The fourth-order valence-corrected chi connectivity index (χ4v) is 3.17. The molecule has 1 saturated heterocycles. The predicted octanol–water partition coefficient (Wildman–Crippen LogP) is 3.55. The molecule has 1 aliphatic rings. The summed E-state index contributed by atoms with van der Waals surface area (Å²) in [6, 6.07) is 12.0. The number of fused-ring (bicyclic) bond motifs is 1. The van der Waals surface area contributed by atoms with Gasteiger partial charge in [-0.25, -0.2) is 4.79 Å². The molecule has 0 saturated carbocycles. The molecule has 6 heteroatoms. The molecule has 0 spiro atoms. The molecule has 1 aliphatic heterocycles. The van der Waals surface area contributed by atoms with Crippen molar-refractivity contribution >= 4 is 16.9 Å². The third kappa shape index (κ3) is 3.31. The van der Waals surface area contributed by atoms with Gasteiger partial charge in [0.05, 0.1) is 18.1 Å². The molecular weight excluding hydrogens is 348 g/mol. The maximum atomic E-state index is 12.9. The summed E-state index contributed by atoms with van der Waals surface area (Å²) in [5.74, 6) is 0.474. The zero-order chi connectivity index (χ0) is 18.8. The summed E-state index contributed by atoms with van der Waals surface area (Å²) in [4.78, 5) is 25.0. The number of hydrogen-bond donors (Lipinski definition) is 0. The van der Waals surface area contributed by atoms with E-state index in [-0.39, 0.29) is 5.43 Å². The first-order chi connectivity index (χ1) is 13.2. The molecule has 1 aromatic heterocycles. The molecule has 27 heavy (non-hydrogen) atoms. The first-order valence-electron chi connectivity index (χ1n) is 8.69. The van der Waals surface area contributed by atoms with E-state index in [0.717, 1.165) is 6.42 Å². The van der Waals surface area contributed by atoms with Crippen LogP contribution in [0.2, 0.25) is 0 Å². The van der Waals surface area contributed by atoms with Crippen LogP contribution in [0.25, 0.3) is 22.1 Å². The average molecular weight is 366 g/mol. The summed E-state index contributed by atoms with van der Waals surface area (Å²) in [7, 11) is 1.55. The molecule has 1 unspecified atom stereocenters. The number of carbonyl (C=O) groups is 1. The third-order valence-electron chi connectivity index (χ3n) is 4.55. The highest BCUT2D eigenvalue weighted by Gasteiger charge is 2.25. The molecule has 2 heterocycles. The van der Waals surface area contributed by atoms with Gasteiger partial charge < -0.3 is 18.6 Å². The standard InChI is InChI=1S/C21H18O6/c1-24-17-6-3-2-5-14(17)16-12-26-19-11-13(8-9-15(19)20(16)22)27-21(23)18-7-4-10-25-18/h2-3,5-6,8-9,11-12,18H,4,7,10H2,1H3. The van der Waals surface area contributed by atoms with Crippen molar-refractivity contribution in [3.05, 3.63) is 59.0 Å². The van der Waals surface area contributed by atoms with Crippen LogP contribution < -0.4 is 14.9 Å². The fourth-order valence-electron chi connectivity index (χ4n) is 3.17. The number of methoxy groups -OCH3 is 1. The molecule has 0 amide bonds. The van der Waals surface area contributed by atoms with Crippen LogP contribution in [0.5, 0.6) is 11.5 Å². The van der Waals surface area contributed by atoms with Crippen LogP contribution in [0.4, 0.5) is 0 Å². The minimum absolute atomic E-state index is 0.183. The molecule has 3 aromatic rings. The third-order valence-corrected chi connectivity index (χ3v) is 4.55. The Morgan fingerprint density at radius 3 is 2.78 bits per heavy atom. The van der Waals surface area contributed by atoms with Gasteiger partial charge in [-0.2, -0.15) is 0 Å². The van der Waals surface area contributed by atoms with Crippen LogP contribution in [0.1, 0.15) is 12.8 Å². The van der Waals surface area contributed by atoms with Crippen molar-refractivity contribution in [2.24, 2.45) is 0 Å². The van der Waals surface area contributed by atoms with Gasteiger partial charge in [0.15, 0.2) is 6.10 Å². The Hall–Kier alpha value is -3.12. The Bertz CT molecular complexity index is 1050. The number of carbonyl (C=O) groups excluding carboxylic acids is 1. The van der Waals surface area contributed by atoms with E-state index in [1.807, 2.05) is 12.1 Å². The average Bonchev–Trinajstić information content (AvgIpc) is 3.23. The first kappa shape index (κ1) is 17.3. The van der Waals surface area contributed by atoms with Crippen LogP contribution in [-0.4, -0.2) is 25.8 Å². The summed E-state index contributed by atoms with van der Waals surface area (Å²) >= 11 is 0. The van der Waals surface area contributed by atoms with Crippen LogP contribution in [0, 0.1) is 0 Å². The Kier molecular flexibility index (Phi) is 4.64. The summed E-state index contributed by atoms with van der Waals surface area (Å²) in [5, 5.41) is 0.398. The molecule has 1 fully saturated rings. The largest absolute Gasteiger partial charge is 0.496 e. The van der Waals surface area contributed by atoms with E-state index in [0.29, 0.717) is 46.6 Å². The highest BCUT2D eigenvalue weighted by atomic mass is 16.6. The monoisotopic (exact) mass is 366 g/mol. The molecule has 0 aliphatic carbocycles. The molecular formula is C21H18O6. The first-order valence-corrected chi connectivity index (χ1v) is 8.69.